The third-order valence-electron chi connectivity index (χ3n) is 4.30. The third-order valence-corrected chi connectivity index (χ3v) is 4.30. The van der Waals surface area contributed by atoms with E-state index in [1.54, 1.807) is 0 Å². The van der Waals surface area contributed by atoms with Gasteiger partial charge >= 0.3 is 6.03 Å². The molecule has 3 amide bonds. The number of hydrogen-bond acceptors (Lipinski definition) is 2. The van der Waals surface area contributed by atoms with Gasteiger partial charge in [-0.25, -0.2) is 9.80 Å². The molecule has 0 atom stereocenters. The predicted octanol–water partition coefficient (Wildman–Crippen LogP) is 3.62. The topological polar surface area (TPSA) is 52.7 Å². The molecule has 5 nitrogen and oxygen atoms in total. The van der Waals surface area contributed by atoms with Gasteiger partial charge < -0.3 is 5.32 Å². The minimum Gasteiger partial charge on any atom is -0.306 e. The number of carbonyl (C=O) groups is 2. The van der Waals surface area contributed by atoms with E-state index >= 15 is 0 Å². The molecule has 0 aromatic heterocycles. The minimum atomic E-state index is -0.279. The first-order chi connectivity index (χ1) is 12.2. The van der Waals surface area contributed by atoms with Crippen LogP contribution in [0.1, 0.15) is 25.7 Å². The lowest BCUT2D eigenvalue weighted by Crippen LogP contribution is -2.46. The van der Waals surface area contributed by atoms with Crippen LogP contribution in [0.5, 0.6) is 0 Å². The molecule has 1 N–H and O–H groups in total. The van der Waals surface area contributed by atoms with Crippen LogP contribution in [0, 0.1) is 12.3 Å². The molecule has 2 aromatic rings. The number of nitrogens with zero attached hydrogens (tertiary/aromatic N) is 2. The predicted molar refractivity (Wildman–Crippen MR) is 98.7 cm³/mol. The van der Waals surface area contributed by atoms with E-state index in [4.69, 9.17) is 6.42 Å². The average Bonchev–Trinajstić information content (AvgIpc) is 3.12. The van der Waals surface area contributed by atoms with Gasteiger partial charge in [0.25, 0.3) is 0 Å². The SMILES string of the molecule is C#CCCCC(=O)N1CCCN1C(=O)Nc1cccc2ccccc12. The zero-order valence-corrected chi connectivity index (χ0v) is 14.1. The minimum absolute atomic E-state index is 0.0548. The van der Waals surface area contributed by atoms with Crippen molar-refractivity contribution in [1.29, 1.82) is 0 Å². The number of terminal acetylenes is 1. The molecule has 1 heterocycles. The quantitative estimate of drug-likeness (QED) is 0.685. The van der Waals surface area contributed by atoms with Gasteiger partial charge in [-0.05, 0) is 24.3 Å². The molecule has 0 saturated carbocycles. The van der Waals surface area contributed by atoms with Gasteiger partial charge in [0.2, 0.25) is 5.91 Å². The second-order valence-electron chi connectivity index (χ2n) is 6.01. The van der Waals surface area contributed by atoms with Crippen LogP contribution in [0.2, 0.25) is 0 Å². The van der Waals surface area contributed by atoms with Crippen molar-refractivity contribution < 1.29 is 9.59 Å². The first kappa shape index (κ1) is 16.8. The Morgan fingerprint density at radius 2 is 1.84 bits per heavy atom. The van der Waals surface area contributed by atoms with Gasteiger partial charge in [-0.1, -0.05) is 36.4 Å². The fourth-order valence-electron chi connectivity index (χ4n) is 3.07. The average molecular weight is 335 g/mol. The van der Waals surface area contributed by atoms with Crippen LogP contribution < -0.4 is 5.32 Å². The number of unbranched alkanes of at least 4 members (excludes halogenated alkanes) is 1. The number of carbonyl (C=O) groups excluding carboxylic acids is 2. The molecule has 3 rings (SSSR count). The van der Waals surface area contributed by atoms with Crippen LogP contribution in [0.15, 0.2) is 42.5 Å². The zero-order chi connectivity index (χ0) is 17.6. The number of rotatable bonds is 4. The highest BCUT2D eigenvalue weighted by molar-refractivity contribution is 6.01. The van der Waals surface area contributed by atoms with Gasteiger partial charge in [-0.15, -0.1) is 12.3 Å². The molecule has 1 fully saturated rings. The molecule has 0 radical (unpaired) electrons. The number of fused-ring (bicyclic) bond motifs is 1. The summed E-state index contributed by atoms with van der Waals surface area (Å²) in [4.78, 5) is 25.0. The van der Waals surface area contributed by atoms with Crippen molar-refractivity contribution in [3.63, 3.8) is 0 Å². The van der Waals surface area contributed by atoms with Crippen molar-refractivity contribution in [2.24, 2.45) is 0 Å². The molecule has 5 heteroatoms. The van der Waals surface area contributed by atoms with Gasteiger partial charge in [0.05, 0.1) is 5.69 Å². The summed E-state index contributed by atoms with van der Waals surface area (Å²) in [6, 6.07) is 13.4. The van der Waals surface area contributed by atoms with Gasteiger partial charge in [0.1, 0.15) is 0 Å². The van der Waals surface area contributed by atoms with Crippen molar-refractivity contribution in [2.45, 2.75) is 25.7 Å². The molecule has 0 spiro atoms. The Labute approximate surface area is 147 Å². The maximum atomic E-state index is 12.7. The van der Waals surface area contributed by atoms with E-state index < -0.39 is 0 Å². The van der Waals surface area contributed by atoms with E-state index in [9.17, 15) is 9.59 Å². The summed E-state index contributed by atoms with van der Waals surface area (Å²) in [5.41, 5.74) is 0.745. The number of nitrogens with one attached hydrogen (secondary N) is 1. The largest absolute Gasteiger partial charge is 0.340 e. The first-order valence-corrected chi connectivity index (χ1v) is 8.51. The maximum absolute atomic E-state index is 12.7. The van der Waals surface area contributed by atoms with Crippen molar-refractivity contribution in [2.75, 3.05) is 18.4 Å². The van der Waals surface area contributed by atoms with Gasteiger partial charge in [-0.3, -0.25) is 9.80 Å². The Bertz CT molecular complexity index is 820. The van der Waals surface area contributed by atoms with Crippen LogP contribution >= 0.6 is 0 Å². The Morgan fingerprint density at radius 1 is 1.08 bits per heavy atom. The summed E-state index contributed by atoms with van der Waals surface area (Å²) in [6.07, 6.45) is 7.59. The second kappa shape index (κ2) is 7.71. The van der Waals surface area contributed by atoms with E-state index in [0.29, 0.717) is 32.4 Å². The highest BCUT2D eigenvalue weighted by Crippen LogP contribution is 2.24. The third kappa shape index (κ3) is 3.74. The molecule has 128 valence electrons. The zero-order valence-electron chi connectivity index (χ0n) is 14.1. The fourth-order valence-corrected chi connectivity index (χ4v) is 3.07. The number of hydrazine groups is 1. The van der Waals surface area contributed by atoms with Crippen LogP contribution in [-0.2, 0) is 4.79 Å². The monoisotopic (exact) mass is 335 g/mol. The Morgan fingerprint density at radius 3 is 2.68 bits per heavy atom. The summed E-state index contributed by atoms with van der Waals surface area (Å²) in [5, 5.41) is 8.01. The number of anilines is 1. The molecule has 25 heavy (non-hydrogen) atoms. The molecule has 0 aliphatic carbocycles. The summed E-state index contributed by atoms with van der Waals surface area (Å²) < 4.78 is 0. The summed E-state index contributed by atoms with van der Waals surface area (Å²) in [5.74, 6) is 2.48. The Hall–Kier alpha value is -3.00. The van der Waals surface area contributed by atoms with Crippen molar-refractivity contribution in [3.8, 4) is 12.3 Å². The van der Waals surface area contributed by atoms with Crippen LogP contribution in [0.3, 0.4) is 0 Å². The first-order valence-electron chi connectivity index (χ1n) is 8.51. The van der Waals surface area contributed by atoms with Crippen molar-refractivity contribution >= 4 is 28.4 Å². The van der Waals surface area contributed by atoms with E-state index in [1.165, 1.54) is 10.0 Å². The van der Waals surface area contributed by atoms with Crippen LogP contribution in [-0.4, -0.2) is 35.0 Å². The molecular formula is C20H21N3O2. The molecule has 0 unspecified atom stereocenters. The van der Waals surface area contributed by atoms with Crippen molar-refractivity contribution in [1.82, 2.24) is 10.0 Å². The highest BCUT2D eigenvalue weighted by Gasteiger charge is 2.30. The molecule has 1 saturated heterocycles. The molecular weight excluding hydrogens is 314 g/mol. The summed E-state index contributed by atoms with van der Waals surface area (Å²) >= 11 is 0. The Balaban J connectivity index is 1.71. The maximum Gasteiger partial charge on any atom is 0.340 e. The number of amides is 3. The number of urea groups is 1. The van der Waals surface area contributed by atoms with E-state index in [1.807, 2.05) is 42.5 Å². The van der Waals surface area contributed by atoms with Crippen LogP contribution in [0.4, 0.5) is 10.5 Å². The van der Waals surface area contributed by atoms with Gasteiger partial charge in [0, 0.05) is 31.3 Å². The standard InChI is InChI=1S/C20H21N3O2/c1-2-3-4-13-19(24)22-14-8-15-23(22)20(25)21-18-12-7-10-16-9-5-6-11-17(16)18/h1,5-7,9-12H,3-4,8,13-15H2,(H,21,25). The van der Waals surface area contributed by atoms with E-state index in [0.717, 1.165) is 22.9 Å². The van der Waals surface area contributed by atoms with Crippen molar-refractivity contribution in [3.05, 3.63) is 42.5 Å². The second-order valence-corrected chi connectivity index (χ2v) is 6.01. The lowest BCUT2D eigenvalue weighted by molar-refractivity contribution is -0.139. The normalized spacial score (nSPS) is 13.7. The summed E-state index contributed by atoms with van der Waals surface area (Å²) in [7, 11) is 0. The van der Waals surface area contributed by atoms with Crippen LogP contribution in [0.25, 0.3) is 10.8 Å². The van der Waals surface area contributed by atoms with E-state index in [2.05, 4.69) is 11.2 Å². The lowest BCUT2D eigenvalue weighted by Gasteiger charge is -2.28. The smallest absolute Gasteiger partial charge is 0.306 e. The van der Waals surface area contributed by atoms with E-state index in [-0.39, 0.29) is 11.9 Å². The molecule has 0 bridgehead atoms. The number of hydrogen-bond donors (Lipinski definition) is 1. The van der Waals surface area contributed by atoms with Gasteiger partial charge in [-0.2, -0.15) is 0 Å². The van der Waals surface area contributed by atoms with Gasteiger partial charge in [0.15, 0.2) is 0 Å². The Kier molecular flexibility index (Phi) is 5.20. The summed E-state index contributed by atoms with van der Waals surface area (Å²) in [6.45, 7) is 1.11. The lowest BCUT2D eigenvalue weighted by atomic mass is 10.1. The number of benzene rings is 2. The highest BCUT2D eigenvalue weighted by atomic mass is 16.2. The molecule has 1 aliphatic heterocycles. The molecule has 1 aliphatic rings. The molecule has 2 aromatic carbocycles. The fraction of sp³-hybridized carbons (Fsp3) is 0.300.